The molecule has 9 nitrogen and oxygen atoms in total. The van der Waals surface area contributed by atoms with Crippen molar-refractivity contribution in [3.05, 3.63) is 51.9 Å². The van der Waals surface area contributed by atoms with Gasteiger partial charge in [0.1, 0.15) is 16.9 Å². The summed E-state index contributed by atoms with van der Waals surface area (Å²) in [5.41, 5.74) is 0.638. The van der Waals surface area contributed by atoms with Crippen LogP contribution in [-0.4, -0.2) is 45.6 Å². The van der Waals surface area contributed by atoms with E-state index >= 15 is 0 Å². The maximum Gasteiger partial charge on any atom is 0.341 e. The van der Waals surface area contributed by atoms with E-state index < -0.39 is 11.9 Å². The van der Waals surface area contributed by atoms with Crippen LogP contribution in [0.5, 0.6) is 0 Å². The molecule has 3 aromatic rings. The van der Waals surface area contributed by atoms with Crippen molar-refractivity contribution in [3.63, 3.8) is 0 Å². The minimum atomic E-state index is -0.657. The van der Waals surface area contributed by atoms with E-state index in [0.717, 1.165) is 0 Å². The lowest BCUT2D eigenvalue weighted by Gasteiger charge is -2.15. The molecule has 0 N–H and O–H groups in total. The lowest BCUT2D eigenvalue weighted by Crippen LogP contribution is -2.33. The van der Waals surface area contributed by atoms with Crippen molar-refractivity contribution >= 4 is 28.6 Å². The number of esters is 1. The Bertz CT molecular complexity index is 1230. The number of ether oxygens (including phenoxy) is 2. The summed E-state index contributed by atoms with van der Waals surface area (Å²) >= 11 is 0. The first-order chi connectivity index (χ1) is 14.5. The van der Waals surface area contributed by atoms with E-state index in [9.17, 15) is 14.4 Å². The number of hydrogen-bond acceptors (Lipinski definition) is 6. The minimum absolute atomic E-state index is 0.0470. The zero-order valence-electron chi connectivity index (χ0n) is 17.3. The predicted molar refractivity (Wildman–Crippen MR) is 110 cm³/mol. The Morgan fingerprint density at radius 3 is 2.70 bits per heavy atom. The summed E-state index contributed by atoms with van der Waals surface area (Å²) in [6, 6.07) is 6.62. The average molecular weight is 412 g/mol. The molecule has 0 unspecified atom stereocenters. The standard InChI is InChI=1S/C21H24N4O5/c1-4-29-12-8-11-25-18-15(20(27)24-10-7-6-9-17(24)23-18)13-16(21(28)30-5-2)19(25)22-14(3)26/h6-7,9-10,13H,4-5,8,11-12H2,1-3H3. The Kier molecular flexibility index (Phi) is 6.73. The van der Waals surface area contributed by atoms with Gasteiger partial charge in [-0.15, -0.1) is 0 Å². The van der Waals surface area contributed by atoms with E-state index in [1.54, 1.807) is 35.9 Å². The van der Waals surface area contributed by atoms with Crippen LogP contribution in [0.1, 0.15) is 37.6 Å². The highest BCUT2D eigenvalue weighted by Crippen LogP contribution is 2.12. The number of hydrogen-bond donors (Lipinski definition) is 0. The largest absolute Gasteiger partial charge is 0.462 e. The number of carbonyl (C=O) groups excluding carboxylic acids is 2. The van der Waals surface area contributed by atoms with Gasteiger partial charge in [0, 0.05) is 32.9 Å². The van der Waals surface area contributed by atoms with E-state index in [-0.39, 0.29) is 28.6 Å². The summed E-state index contributed by atoms with van der Waals surface area (Å²) in [6.45, 7) is 6.42. The smallest absolute Gasteiger partial charge is 0.341 e. The second kappa shape index (κ2) is 9.45. The van der Waals surface area contributed by atoms with Gasteiger partial charge in [-0.1, -0.05) is 6.07 Å². The van der Waals surface area contributed by atoms with E-state index in [0.29, 0.717) is 37.5 Å². The molecule has 3 heterocycles. The van der Waals surface area contributed by atoms with Gasteiger partial charge in [-0.05, 0) is 38.5 Å². The van der Waals surface area contributed by atoms with E-state index in [1.807, 2.05) is 6.92 Å². The van der Waals surface area contributed by atoms with Crippen LogP contribution in [0.15, 0.2) is 40.2 Å². The van der Waals surface area contributed by atoms with Crippen molar-refractivity contribution in [3.8, 4) is 0 Å². The number of fused-ring (bicyclic) bond motifs is 2. The molecule has 0 aliphatic heterocycles. The Labute approximate surface area is 172 Å². The van der Waals surface area contributed by atoms with Gasteiger partial charge in [-0.2, -0.15) is 4.99 Å². The van der Waals surface area contributed by atoms with Crippen molar-refractivity contribution in [2.24, 2.45) is 4.99 Å². The fourth-order valence-electron chi connectivity index (χ4n) is 3.19. The fourth-order valence-corrected chi connectivity index (χ4v) is 3.19. The number of pyridine rings is 2. The quantitative estimate of drug-likeness (QED) is 0.332. The predicted octanol–water partition coefficient (Wildman–Crippen LogP) is 1.70. The molecule has 0 aromatic carbocycles. The number of aryl methyl sites for hydroxylation is 1. The second-order valence-electron chi connectivity index (χ2n) is 6.52. The number of carbonyl (C=O) groups is 2. The third-order valence-electron chi connectivity index (χ3n) is 4.42. The maximum atomic E-state index is 13.1. The first-order valence-electron chi connectivity index (χ1n) is 9.83. The summed E-state index contributed by atoms with van der Waals surface area (Å²) in [7, 11) is 0. The molecular formula is C21H24N4O5. The Morgan fingerprint density at radius 2 is 2.00 bits per heavy atom. The topological polar surface area (TPSA) is 104 Å². The highest BCUT2D eigenvalue weighted by Gasteiger charge is 2.19. The van der Waals surface area contributed by atoms with Crippen molar-refractivity contribution in [1.82, 2.24) is 14.0 Å². The Balaban J connectivity index is 2.40. The maximum absolute atomic E-state index is 13.1. The molecule has 0 aliphatic carbocycles. The van der Waals surface area contributed by atoms with Gasteiger partial charge in [0.05, 0.1) is 12.0 Å². The van der Waals surface area contributed by atoms with Gasteiger partial charge < -0.3 is 14.0 Å². The summed E-state index contributed by atoms with van der Waals surface area (Å²) in [6.07, 6.45) is 2.19. The van der Waals surface area contributed by atoms with Gasteiger partial charge in [0.25, 0.3) is 5.56 Å². The van der Waals surface area contributed by atoms with Gasteiger partial charge in [0.15, 0.2) is 5.49 Å². The number of nitrogens with zero attached hydrogens (tertiary/aromatic N) is 4. The van der Waals surface area contributed by atoms with Crippen LogP contribution in [0.4, 0.5) is 0 Å². The van der Waals surface area contributed by atoms with E-state index in [2.05, 4.69) is 9.98 Å². The zero-order chi connectivity index (χ0) is 21.7. The molecule has 0 atom stereocenters. The normalized spacial score (nSPS) is 11.9. The Hall–Kier alpha value is -3.33. The summed E-state index contributed by atoms with van der Waals surface area (Å²) in [5.74, 6) is -1.13. The van der Waals surface area contributed by atoms with Crippen LogP contribution in [-0.2, 0) is 20.8 Å². The summed E-state index contributed by atoms with van der Waals surface area (Å²) in [5, 5.41) is 0.237. The third kappa shape index (κ3) is 4.30. The van der Waals surface area contributed by atoms with Crippen molar-refractivity contribution < 1.29 is 19.1 Å². The van der Waals surface area contributed by atoms with Gasteiger partial charge in [-0.3, -0.25) is 14.0 Å². The second-order valence-corrected chi connectivity index (χ2v) is 6.52. The van der Waals surface area contributed by atoms with Crippen LogP contribution < -0.4 is 11.0 Å². The lowest BCUT2D eigenvalue weighted by atomic mass is 10.2. The van der Waals surface area contributed by atoms with Crippen LogP contribution in [0.3, 0.4) is 0 Å². The van der Waals surface area contributed by atoms with E-state index in [4.69, 9.17) is 9.47 Å². The van der Waals surface area contributed by atoms with Crippen LogP contribution in [0, 0.1) is 0 Å². The van der Waals surface area contributed by atoms with Crippen molar-refractivity contribution in [2.75, 3.05) is 19.8 Å². The Morgan fingerprint density at radius 1 is 1.20 bits per heavy atom. The molecule has 0 bridgehead atoms. The molecule has 0 radical (unpaired) electrons. The molecular weight excluding hydrogens is 388 g/mol. The molecule has 158 valence electrons. The average Bonchev–Trinajstić information content (AvgIpc) is 2.72. The minimum Gasteiger partial charge on any atom is -0.462 e. The monoisotopic (exact) mass is 412 g/mol. The molecule has 0 saturated carbocycles. The molecule has 0 fully saturated rings. The number of aromatic nitrogens is 3. The lowest BCUT2D eigenvalue weighted by molar-refractivity contribution is -0.116. The summed E-state index contributed by atoms with van der Waals surface area (Å²) < 4.78 is 13.6. The molecule has 1 amide bonds. The highest BCUT2D eigenvalue weighted by molar-refractivity contribution is 5.93. The third-order valence-corrected chi connectivity index (χ3v) is 4.42. The zero-order valence-corrected chi connectivity index (χ0v) is 17.3. The summed E-state index contributed by atoms with van der Waals surface area (Å²) in [4.78, 5) is 46.3. The van der Waals surface area contributed by atoms with Gasteiger partial charge in [0.2, 0.25) is 5.91 Å². The van der Waals surface area contributed by atoms with Gasteiger partial charge in [-0.25, -0.2) is 9.78 Å². The molecule has 0 spiro atoms. The fraction of sp³-hybridized carbons (Fsp3) is 0.381. The first-order valence-corrected chi connectivity index (χ1v) is 9.83. The van der Waals surface area contributed by atoms with Crippen LogP contribution in [0.2, 0.25) is 0 Å². The van der Waals surface area contributed by atoms with E-state index in [1.165, 1.54) is 17.4 Å². The molecule has 0 saturated heterocycles. The molecule has 3 rings (SSSR count). The molecule has 30 heavy (non-hydrogen) atoms. The number of rotatable bonds is 7. The highest BCUT2D eigenvalue weighted by atomic mass is 16.5. The van der Waals surface area contributed by atoms with Crippen LogP contribution >= 0.6 is 0 Å². The number of amides is 1. The molecule has 9 heteroatoms. The van der Waals surface area contributed by atoms with Gasteiger partial charge >= 0.3 is 5.97 Å². The van der Waals surface area contributed by atoms with Crippen LogP contribution in [0.25, 0.3) is 16.7 Å². The first kappa shape index (κ1) is 21.4. The van der Waals surface area contributed by atoms with Crippen molar-refractivity contribution in [2.45, 2.75) is 33.7 Å². The van der Waals surface area contributed by atoms with Crippen molar-refractivity contribution in [1.29, 1.82) is 0 Å². The molecule has 0 aliphatic rings. The SMILES string of the molecule is CCOCCCn1c(=NC(C)=O)c(C(=O)OCC)cc2c(=O)n3ccccc3nc21. The molecule has 3 aromatic heterocycles.